The molecule has 0 aliphatic carbocycles. The molecule has 1 rings (SSSR count). The zero-order chi connectivity index (χ0) is 6.53. The second kappa shape index (κ2) is 2.96. The molecule has 1 aromatic heterocycles. The van der Waals surface area contributed by atoms with Crippen LogP contribution in [-0.4, -0.2) is 16.8 Å². The highest BCUT2D eigenvalue weighted by Gasteiger charge is 1.87. The van der Waals surface area contributed by atoms with Gasteiger partial charge in [-0.25, -0.2) is 14.4 Å². The van der Waals surface area contributed by atoms with Crippen LogP contribution in [0.4, 0.5) is 4.39 Å². The number of hydrogen-bond donors (Lipinski definition) is 0. The van der Waals surface area contributed by atoms with Crippen molar-refractivity contribution < 1.29 is 9.13 Å². The van der Waals surface area contributed by atoms with Gasteiger partial charge >= 0.3 is 0 Å². The van der Waals surface area contributed by atoms with Crippen molar-refractivity contribution in [1.82, 2.24) is 9.97 Å². The molecule has 4 heteroatoms. The quantitative estimate of drug-likeness (QED) is 0.590. The molecule has 0 saturated carbocycles. The first kappa shape index (κ1) is 5.94. The van der Waals surface area contributed by atoms with Gasteiger partial charge < -0.3 is 4.74 Å². The maximum absolute atomic E-state index is 11.4. The van der Waals surface area contributed by atoms with Crippen molar-refractivity contribution in [2.75, 3.05) is 6.86 Å². The summed E-state index contributed by atoms with van der Waals surface area (Å²) < 4.78 is 15.8. The Bertz CT molecular complexity index is 168. The van der Waals surface area contributed by atoms with Gasteiger partial charge in [0.05, 0.1) is 12.4 Å². The van der Waals surface area contributed by atoms with Crippen molar-refractivity contribution in [1.29, 1.82) is 0 Å². The summed E-state index contributed by atoms with van der Waals surface area (Å²) in [7, 11) is 0. The van der Waals surface area contributed by atoms with Gasteiger partial charge in [-0.1, -0.05) is 0 Å². The highest BCUT2D eigenvalue weighted by molar-refractivity contribution is 5.09. The third-order valence-electron chi connectivity index (χ3n) is 0.758. The van der Waals surface area contributed by atoms with Crippen LogP contribution in [0.1, 0.15) is 0 Å². The fourth-order valence-corrected chi connectivity index (χ4v) is 0.423. The van der Waals surface area contributed by atoms with E-state index in [2.05, 4.69) is 14.7 Å². The largest absolute Gasteiger partial charge is 0.460 e. The number of halogens is 1. The highest BCUT2D eigenvalue weighted by Crippen LogP contribution is 2.02. The van der Waals surface area contributed by atoms with E-state index >= 15 is 0 Å². The lowest BCUT2D eigenvalue weighted by molar-refractivity contribution is 0.190. The molecule has 3 nitrogen and oxygen atoms in total. The van der Waals surface area contributed by atoms with Gasteiger partial charge in [0.2, 0.25) is 6.86 Å². The molecule has 1 aromatic rings. The third-order valence-corrected chi connectivity index (χ3v) is 0.758. The Morgan fingerprint density at radius 1 is 1.44 bits per heavy atom. The minimum absolute atomic E-state index is 0.347. The molecule has 0 atom stereocenters. The normalized spacial score (nSPS) is 9.00. The number of alkyl halides is 1. The Balaban J connectivity index is 2.61. The van der Waals surface area contributed by atoms with Gasteiger partial charge in [0.1, 0.15) is 6.33 Å². The molecule has 0 aliphatic heterocycles. The average molecular weight is 128 g/mol. The summed E-state index contributed by atoms with van der Waals surface area (Å²) in [5.41, 5.74) is 0. The highest BCUT2D eigenvalue weighted by atomic mass is 19.1. The first-order chi connectivity index (χ1) is 4.43. The molecule has 0 saturated heterocycles. The van der Waals surface area contributed by atoms with Crippen molar-refractivity contribution in [3.63, 3.8) is 0 Å². The van der Waals surface area contributed by atoms with Crippen LogP contribution in [0.25, 0.3) is 0 Å². The summed E-state index contributed by atoms with van der Waals surface area (Å²) in [5, 5.41) is 0. The number of ether oxygens (including phenoxy) is 1. The van der Waals surface area contributed by atoms with E-state index < -0.39 is 6.86 Å². The van der Waals surface area contributed by atoms with Crippen LogP contribution in [0, 0.1) is 0 Å². The van der Waals surface area contributed by atoms with E-state index in [4.69, 9.17) is 0 Å². The van der Waals surface area contributed by atoms with Gasteiger partial charge in [0.15, 0.2) is 5.75 Å². The van der Waals surface area contributed by atoms with E-state index in [0.29, 0.717) is 5.75 Å². The number of hydrogen-bond acceptors (Lipinski definition) is 3. The van der Waals surface area contributed by atoms with E-state index in [1.165, 1.54) is 18.7 Å². The predicted molar refractivity (Wildman–Crippen MR) is 28.6 cm³/mol. The van der Waals surface area contributed by atoms with E-state index in [0.717, 1.165) is 0 Å². The van der Waals surface area contributed by atoms with Crippen LogP contribution in [0.2, 0.25) is 0 Å². The SMILES string of the molecule is FCOc1cncnc1. The standard InChI is InChI=1S/C5H5FN2O/c6-3-9-5-1-7-4-8-2-5/h1-2,4H,3H2. The van der Waals surface area contributed by atoms with Crippen molar-refractivity contribution >= 4 is 0 Å². The van der Waals surface area contributed by atoms with E-state index in [1.807, 2.05) is 0 Å². The fraction of sp³-hybridized carbons (Fsp3) is 0.200. The minimum Gasteiger partial charge on any atom is -0.460 e. The maximum atomic E-state index is 11.4. The van der Waals surface area contributed by atoms with E-state index in [9.17, 15) is 4.39 Å². The number of aromatic nitrogens is 2. The lowest BCUT2D eigenvalue weighted by Gasteiger charge is -1.95. The van der Waals surface area contributed by atoms with Crippen LogP contribution in [0.15, 0.2) is 18.7 Å². The lowest BCUT2D eigenvalue weighted by Crippen LogP contribution is -1.90. The van der Waals surface area contributed by atoms with Gasteiger partial charge in [0, 0.05) is 0 Å². The third kappa shape index (κ3) is 1.64. The predicted octanol–water partition coefficient (Wildman–Crippen LogP) is 0.782. The van der Waals surface area contributed by atoms with Crippen LogP contribution in [-0.2, 0) is 0 Å². The Morgan fingerprint density at radius 3 is 2.67 bits per heavy atom. The van der Waals surface area contributed by atoms with Crippen LogP contribution in [0.3, 0.4) is 0 Å². The monoisotopic (exact) mass is 128 g/mol. The Kier molecular flexibility index (Phi) is 1.95. The molecule has 0 bridgehead atoms. The van der Waals surface area contributed by atoms with Crippen LogP contribution in [0.5, 0.6) is 5.75 Å². The van der Waals surface area contributed by atoms with Gasteiger partial charge in [-0.05, 0) is 0 Å². The number of rotatable bonds is 2. The summed E-state index contributed by atoms with van der Waals surface area (Å²) in [5.74, 6) is 0.347. The van der Waals surface area contributed by atoms with Gasteiger partial charge in [-0.15, -0.1) is 0 Å². The zero-order valence-corrected chi connectivity index (χ0v) is 4.62. The smallest absolute Gasteiger partial charge is 0.228 e. The first-order valence-electron chi connectivity index (χ1n) is 2.37. The molecule has 1 heterocycles. The van der Waals surface area contributed by atoms with E-state index in [-0.39, 0.29) is 0 Å². The fourth-order valence-electron chi connectivity index (χ4n) is 0.423. The second-order valence-electron chi connectivity index (χ2n) is 1.33. The number of nitrogens with zero attached hydrogens (tertiary/aromatic N) is 2. The minimum atomic E-state index is -0.840. The molecule has 9 heavy (non-hydrogen) atoms. The molecule has 0 amide bonds. The Labute approximate surface area is 51.5 Å². The van der Waals surface area contributed by atoms with Crippen LogP contribution >= 0.6 is 0 Å². The molecule has 0 aromatic carbocycles. The summed E-state index contributed by atoms with van der Waals surface area (Å²) >= 11 is 0. The zero-order valence-electron chi connectivity index (χ0n) is 4.62. The van der Waals surface area contributed by atoms with Crippen LogP contribution < -0.4 is 4.74 Å². The Hall–Kier alpha value is -1.19. The molecule has 0 N–H and O–H groups in total. The van der Waals surface area contributed by atoms with Crippen molar-refractivity contribution in [2.45, 2.75) is 0 Å². The molecule has 0 radical (unpaired) electrons. The average Bonchev–Trinajstić information content (AvgIpc) is 1.91. The summed E-state index contributed by atoms with van der Waals surface area (Å²) in [4.78, 5) is 7.20. The molecular weight excluding hydrogens is 123 g/mol. The molecule has 0 spiro atoms. The summed E-state index contributed by atoms with van der Waals surface area (Å²) in [6, 6.07) is 0. The maximum Gasteiger partial charge on any atom is 0.228 e. The molecule has 0 unspecified atom stereocenters. The lowest BCUT2D eigenvalue weighted by atomic mass is 10.6. The van der Waals surface area contributed by atoms with Crippen molar-refractivity contribution in [3.05, 3.63) is 18.7 Å². The molecule has 48 valence electrons. The molecular formula is C5H5FN2O. The van der Waals surface area contributed by atoms with E-state index in [1.54, 1.807) is 0 Å². The summed E-state index contributed by atoms with van der Waals surface area (Å²) in [6.45, 7) is -0.840. The van der Waals surface area contributed by atoms with Gasteiger partial charge in [-0.2, -0.15) is 0 Å². The summed E-state index contributed by atoms with van der Waals surface area (Å²) in [6.07, 6.45) is 4.14. The molecule has 0 fully saturated rings. The van der Waals surface area contributed by atoms with Crippen molar-refractivity contribution in [2.24, 2.45) is 0 Å². The van der Waals surface area contributed by atoms with Gasteiger partial charge in [0.25, 0.3) is 0 Å². The first-order valence-corrected chi connectivity index (χ1v) is 2.37. The second-order valence-corrected chi connectivity index (χ2v) is 1.33. The molecule has 0 aliphatic rings. The van der Waals surface area contributed by atoms with Crippen molar-refractivity contribution in [3.8, 4) is 5.75 Å². The van der Waals surface area contributed by atoms with Gasteiger partial charge in [-0.3, -0.25) is 0 Å². The topological polar surface area (TPSA) is 35.0 Å². The Morgan fingerprint density at radius 2 is 2.11 bits per heavy atom.